The van der Waals surface area contributed by atoms with Gasteiger partial charge in [0.2, 0.25) is 5.91 Å². The second-order valence-corrected chi connectivity index (χ2v) is 6.69. The largest absolute Gasteiger partial charge is 0.327 e. The molecule has 5 nitrogen and oxygen atoms in total. The zero-order valence-electron chi connectivity index (χ0n) is 8.82. The fourth-order valence-electron chi connectivity index (χ4n) is 1.79. The minimum Gasteiger partial charge on any atom is -0.327 e. The summed E-state index contributed by atoms with van der Waals surface area (Å²) >= 11 is 0. The minimum absolute atomic E-state index is 0.0764. The normalized spacial score (nSPS) is 23.8. The number of nitrogens with one attached hydrogen (secondary N) is 1. The van der Waals surface area contributed by atoms with E-state index in [1.54, 1.807) is 11.8 Å². The van der Waals surface area contributed by atoms with Gasteiger partial charge in [0.25, 0.3) is 0 Å². The summed E-state index contributed by atoms with van der Waals surface area (Å²) in [7, 11) is -2.97. The van der Waals surface area contributed by atoms with Gasteiger partial charge in [-0.05, 0) is 12.8 Å². The summed E-state index contributed by atoms with van der Waals surface area (Å²) in [6, 6.07) is 0. The highest BCUT2D eigenvalue weighted by Crippen LogP contribution is 2.39. The van der Waals surface area contributed by atoms with Crippen LogP contribution in [0.15, 0.2) is 0 Å². The van der Waals surface area contributed by atoms with Crippen molar-refractivity contribution in [2.24, 2.45) is 0 Å². The van der Waals surface area contributed by atoms with E-state index < -0.39 is 9.84 Å². The lowest BCUT2D eigenvalue weighted by molar-refractivity contribution is -0.129. The second-order valence-electron chi connectivity index (χ2n) is 4.22. The van der Waals surface area contributed by atoms with E-state index in [9.17, 15) is 13.2 Å². The van der Waals surface area contributed by atoms with E-state index in [0.717, 1.165) is 12.8 Å². The molecule has 0 atom stereocenters. The van der Waals surface area contributed by atoms with Gasteiger partial charge in [0.05, 0.1) is 18.0 Å². The first-order valence-corrected chi connectivity index (χ1v) is 7.06. The maximum absolute atomic E-state index is 11.8. The molecule has 1 saturated heterocycles. The molecule has 6 heteroatoms. The molecular weight excluding hydrogens is 216 g/mol. The molecule has 0 aromatic rings. The van der Waals surface area contributed by atoms with E-state index in [2.05, 4.69) is 5.32 Å². The molecule has 1 amide bonds. The van der Waals surface area contributed by atoms with Crippen LogP contribution in [-0.2, 0) is 14.6 Å². The molecule has 1 aliphatic carbocycles. The smallest absolute Gasteiger partial charge is 0.243 e. The lowest BCUT2D eigenvalue weighted by atomic mass is 10.3. The summed E-state index contributed by atoms with van der Waals surface area (Å²) in [5.41, 5.74) is -0.310. The molecule has 1 aliphatic heterocycles. The first kappa shape index (κ1) is 10.9. The van der Waals surface area contributed by atoms with Gasteiger partial charge in [-0.1, -0.05) is 6.92 Å². The highest BCUT2D eigenvalue weighted by Gasteiger charge is 2.55. The Hall–Kier alpha value is -0.620. The van der Waals surface area contributed by atoms with Crippen LogP contribution in [-0.4, -0.2) is 49.5 Å². The number of sulfone groups is 1. The second kappa shape index (κ2) is 3.45. The van der Waals surface area contributed by atoms with E-state index in [1.165, 1.54) is 0 Å². The van der Waals surface area contributed by atoms with Crippen LogP contribution >= 0.6 is 0 Å². The Morgan fingerprint density at radius 3 is 2.60 bits per heavy atom. The molecule has 1 saturated carbocycles. The predicted molar refractivity (Wildman–Crippen MR) is 56.0 cm³/mol. The predicted octanol–water partition coefficient (Wildman–Crippen LogP) is -0.657. The molecule has 0 aromatic heterocycles. The molecule has 2 rings (SSSR count). The summed E-state index contributed by atoms with van der Waals surface area (Å²) in [5.74, 6) is 0.300. The molecule has 0 aromatic carbocycles. The first-order chi connectivity index (χ1) is 6.99. The first-order valence-electron chi connectivity index (χ1n) is 5.24. The van der Waals surface area contributed by atoms with Gasteiger partial charge < -0.3 is 4.90 Å². The van der Waals surface area contributed by atoms with Gasteiger partial charge in [-0.2, -0.15) is 0 Å². The van der Waals surface area contributed by atoms with Crippen molar-refractivity contribution >= 4 is 15.7 Å². The monoisotopic (exact) mass is 232 g/mol. The van der Waals surface area contributed by atoms with Gasteiger partial charge in [-0.15, -0.1) is 0 Å². The van der Waals surface area contributed by atoms with Crippen molar-refractivity contribution in [2.75, 3.05) is 24.7 Å². The molecule has 0 radical (unpaired) electrons. The maximum Gasteiger partial charge on any atom is 0.243 e. The number of nitrogens with zero attached hydrogens (tertiary/aromatic N) is 1. The van der Waals surface area contributed by atoms with Gasteiger partial charge in [0, 0.05) is 12.3 Å². The SMILES string of the molecule is CCS(=O)(=O)CCN1CNC2(CC2)C1=O. The summed E-state index contributed by atoms with van der Waals surface area (Å²) < 4.78 is 22.6. The van der Waals surface area contributed by atoms with Gasteiger partial charge in [0.1, 0.15) is 0 Å². The summed E-state index contributed by atoms with van der Waals surface area (Å²) in [6.45, 7) is 2.45. The topological polar surface area (TPSA) is 66.5 Å². The third-order valence-electron chi connectivity index (χ3n) is 3.17. The van der Waals surface area contributed by atoms with E-state index in [1.807, 2.05) is 0 Å². The molecule has 1 spiro atoms. The van der Waals surface area contributed by atoms with E-state index in [0.29, 0.717) is 13.2 Å². The van der Waals surface area contributed by atoms with Crippen molar-refractivity contribution in [3.05, 3.63) is 0 Å². The number of rotatable bonds is 4. The lowest BCUT2D eigenvalue weighted by Gasteiger charge is -2.14. The molecule has 86 valence electrons. The molecule has 0 bridgehead atoms. The van der Waals surface area contributed by atoms with Gasteiger partial charge in [0.15, 0.2) is 9.84 Å². The Labute approximate surface area is 89.7 Å². The average Bonchev–Trinajstić information content (AvgIpc) is 2.91. The number of hydrogen-bond acceptors (Lipinski definition) is 4. The van der Waals surface area contributed by atoms with Crippen molar-refractivity contribution in [2.45, 2.75) is 25.3 Å². The molecule has 15 heavy (non-hydrogen) atoms. The number of carbonyl (C=O) groups is 1. The van der Waals surface area contributed by atoms with Gasteiger partial charge in [-0.25, -0.2) is 8.42 Å². The third kappa shape index (κ3) is 2.01. The number of amides is 1. The minimum atomic E-state index is -2.97. The molecular formula is C9H16N2O3S. The van der Waals surface area contributed by atoms with Crippen LogP contribution in [0.3, 0.4) is 0 Å². The van der Waals surface area contributed by atoms with Crippen molar-refractivity contribution in [3.8, 4) is 0 Å². The molecule has 1 heterocycles. The quantitative estimate of drug-likeness (QED) is 0.699. The zero-order chi connectivity index (χ0) is 11.1. The van der Waals surface area contributed by atoms with Crippen molar-refractivity contribution in [3.63, 3.8) is 0 Å². The number of carbonyl (C=O) groups excluding carboxylic acids is 1. The Kier molecular flexibility index (Phi) is 2.50. The molecule has 2 fully saturated rings. The number of hydrogen-bond donors (Lipinski definition) is 1. The average molecular weight is 232 g/mol. The van der Waals surface area contributed by atoms with E-state index in [-0.39, 0.29) is 23.0 Å². The third-order valence-corrected chi connectivity index (χ3v) is 4.85. The summed E-state index contributed by atoms with van der Waals surface area (Å²) in [4.78, 5) is 13.4. The molecule has 0 unspecified atom stereocenters. The Morgan fingerprint density at radius 1 is 1.47 bits per heavy atom. The van der Waals surface area contributed by atoms with Crippen LogP contribution in [0.25, 0.3) is 0 Å². The fraction of sp³-hybridized carbons (Fsp3) is 0.889. The molecule has 2 aliphatic rings. The van der Waals surface area contributed by atoms with Crippen molar-refractivity contribution in [1.82, 2.24) is 10.2 Å². The standard InChI is InChI=1S/C9H16N2O3S/c1-2-15(13,14)6-5-11-7-10-9(3-4-9)8(11)12/h10H,2-7H2,1H3. The van der Waals surface area contributed by atoms with Crippen molar-refractivity contribution < 1.29 is 13.2 Å². The molecule has 1 N–H and O–H groups in total. The summed E-state index contributed by atoms with van der Waals surface area (Å²) in [6.07, 6.45) is 1.78. The highest BCUT2D eigenvalue weighted by molar-refractivity contribution is 7.91. The van der Waals surface area contributed by atoms with Crippen LogP contribution < -0.4 is 5.32 Å². The fourth-order valence-corrected chi connectivity index (χ4v) is 2.57. The zero-order valence-corrected chi connectivity index (χ0v) is 9.64. The Morgan fingerprint density at radius 2 is 2.13 bits per heavy atom. The Bertz CT molecular complexity index is 373. The van der Waals surface area contributed by atoms with Crippen LogP contribution in [0.5, 0.6) is 0 Å². The maximum atomic E-state index is 11.8. The van der Waals surface area contributed by atoms with E-state index >= 15 is 0 Å². The summed E-state index contributed by atoms with van der Waals surface area (Å²) in [5, 5.41) is 3.14. The Balaban J connectivity index is 1.89. The van der Waals surface area contributed by atoms with E-state index in [4.69, 9.17) is 0 Å². The van der Waals surface area contributed by atoms with Gasteiger partial charge >= 0.3 is 0 Å². The lowest BCUT2D eigenvalue weighted by Crippen LogP contribution is -2.35. The van der Waals surface area contributed by atoms with Crippen LogP contribution in [0.4, 0.5) is 0 Å². The van der Waals surface area contributed by atoms with Crippen LogP contribution in [0.2, 0.25) is 0 Å². The van der Waals surface area contributed by atoms with Crippen molar-refractivity contribution in [1.29, 1.82) is 0 Å². The van der Waals surface area contributed by atoms with Crippen LogP contribution in [0, 0.1) is 0 Å². The highest BCUT2D eigenvalue weighted by atomic mass is 32.2. The van der Waals surface area contributed by atoms with Crippen LogP contribution in [0.1, 0.15) is 19.8 Å². The van der Waals surface area contributed by atoms with Gasteiger partial charge in [-0.3, -0.25) is 10.1 Å².